The maximum absolute atomic E-state index is 12.6. The number of carbonyl (C=O) groups is 1. The summed E-state index contributed by atoms with van der Waals surface area (Å²) in [6, 6.07) is 6.08. The normalized spacial score (nSPS) is 16.9. The van der Waals surface area contributed by atoms with Gasteiger partial charge in [0, 0.05) is 37.7 Å². The standard InChI is InChI=1S/C16H24ClN3O3S/c1-16(2,3)12-18-15(21)19-7-9-20(10-8-19)24(22,23)14-6-4-5-13(17)11-14/h4-6,11H,7-10,12H2,1-3H3,(H,18,21). The highest BCUT2D eigenvalue weighted by Gasteiger charge is 2.30. The molecule has 134 valence electrons. The quantitative estimate of drug-likeness (QED) is 0.884. The zero-order valence-corrected chi connectivity index (χ0v) is 15.8. The Morgan fingerprint density at radius 1 is 1.21 bits per heavy atom. The predicted octanol–water partition coefficient (Wildman–Crippen LogP) is 2.40. The second-order valence-corrected chi connectivity index (χ2v) is 9.44. The van der Waals surface area contributed by atoms with Crippen LogP contribution in [0.25, 0.3) is 0 Å². The van der Waals surface area contributed by atoms with Crippen LogP contribution in [0.1, 0.15) is 20.8 Å². The fourth-order valence-electron chi connectivity index (χ4n) is 2.36. The van der Waals surface area contributed by atoms with Gasteiger partial charge in [0.25, 0.3) is 0 Å². The van der Waals surface area contributed by atoms with Crippen molar-refractivity contribution in [3.63, 3.8) is 0 Å². The summed E-state index contributed by atoms with van der Waals surface area (Å²) in [5.74, 6) is 0. The summed E-state index contributed by atoms with van der Waals surface area (Å²) in [7, 11) is -3.58. The van der Waals surface area contributed by atoms with Gasteiger partial charge in [-0.15, -0.1) is 0 Å². The predicted molar refractivity (Wildman–Crippen MR) is 94.6 cm³/mol. The van der Waals surface area contributed by atoms with Crippen LogP contribution in [0.5, 0.6) is 0 Å². The van der Waals surface area contributed by atoms with Crippen molar-refractivity contribution in [1.82, 2.24) is 14.5 Å². The molecule has 1 saturated heterocycles. The molecule has 24 heavy (non-hydrogen) atoms. The van der Waals surface area contributed by atoms with Gasteiger partial charge in [-0.2, -0.15) is 4.31 Å². The van der Waals surface area contributed by atoms with Crippen LogP contribution >= 0.6 is 11.6 Å². The second kappa shape index (κ2) is 7.29. The molecule has 1 N–H and O–H groups in total. The molecule has 1 aromatic carbocycles. The van der Waals surface area contributed by atoms with Crippen LogP contribution in [-0.4, -0.2) is 56.4 Å². The van der Waals surface area contributed by atoms with E-state index < -0.39 is 10.0 Å². The van der Waals surface area contributed by atoms with Crippen molar-refractivity contribution in [3.05, 3.63) is 29.3 Å². The van der Waals surface area contributed by atoms with Crippen molar-refractivity contribution in [2.45, 2.75) is 25.7 Å². The van der Waals surface area contributed by atoms with E-state index in [0.29, 0.717) is 24.7 Å². The molecule has 8 heteroatoms. The highest BCUT2D eigenvalue weighted by atomic mass is 35.5. The third kappa shape index (κ3) is 4.84. The van der Waals surface area contributed by atoms with Gasteiger partial charge >= 0.3 is 6.03 Å². The number of urea groups is 1. The molecule has 0 aromatic heterocycles. The van der Waals surface area contributed by atoms with Gasteiger partial charge in [0.2, 0.25) is 10.0 Å². The van der Waals surface area contributed by atoms with Gasteiger partial charge in [-0.1, -0.05) is 38.4 Å². The number of carbonyl (C=O) groups excluding carboxylic acids is 1. The Morgan fingerprint density at radius 2 is 1.83 bits per heavy atom. The molecule has 1 aliphatic rings. The van der Waals surface area contributed by atoms with Gasteiger partial charge in [-0.05, 0) is 23.6 Å². The van der Waals surface area contributed by atoms with Gasteiger partial charge in [-0.3, -0.25) is 0 Å². The number of benzene rings is 1. The van der Waals surface area contributed by atoms with Crippen LogP contribution in [0.2, 0.25) is 5.02 Å². The van der Waals surface area contributed by atoms with Crippen LogP contribution in [0.15, 0.2) is 29.2 Å². The lowest BCUT2D eigenvalue weighted by Gasteiger charge is -2.34. The summed E-state index contributed by atoms with van der Waals surface area (Å²) in [5, 5.41) is 3.27. The minimum atomic E-state index is -3.58. The molecule has 6 nitrogen and oxygen atoms in total. The molecule has 1 aromatic rings. The van der Waals surface area contributed by atoms with Crippen LogP contribution in [0.4, 0.5) is 4.79 Å². The summed E-state index contributed by atoms with van der Waals surface area (Å²) in [4.78, 5) is 14.0. The molecular weight excluding hydrogens is 350 g/mol. The maximum Gasteiger partial charge on any atom is 0.317 e. The molecule has 1 fully saturated rings. The first-order valence-electron chi connectivity index (χ1n) is 7.88. The fourth-order valence-corrected chi connectivity index (χ4v) is 4.08. The van der Waals surface area contributed by atoms with Gasteiger partial charge in [-0.25, -0.2) is 13.2 Å². The van der Waals surface area contributed by atoms with Crippen LogP contribution in [0, 0.1) is 5.41 Å². The van der Waals surface area contributed by atoms with E-state index in [-0.39, 0.29) is 29.4 Å². The first kappa shape index (κ1) is 19.0. The minimum Gasteiger partial charge on any atom is -0.337 e. The zero-order valence-electron chi connectivity index (χ0n) is 14.3. The van der Waals surface area contributed by atoms with Gasteiger partial charge in [0.05, 0.1) is 4.90 Å². The van der Waals surface area contributed by atoms with Crippen molar-refractivity contribution in [2.24, 2.45) is 5.41 Å². The third-order valence-electron chi connectivity index (χ3n) is 3.73. The Morgan fingerprint density at radius 3 is 2.38 bits per heavy atom. The molecule has 0 spiro atoms. The average molecular weight is 374 g/mol. The lowest BCUT2D eigenvalue weighted by Crippen LogP contribution is -2.53. The number of amides is 2. The van der Waals surface area contributed by atoms with Crippen molar-refractivity contribution in [2.75, 3.05) is 32.7 Å². The SMILES string of the molecule is CC(C)(C)CNC(=O)N1CCN(S(=O)(=O)c2cccc(Cl)c2)CC1. The monoisotopic (exact) mass is 373 g/mol. The van der Waals surface area contributed by atoms with E-state index in [1.165, 1.54) is 16.4 Å². The van der Waals surface area contributed by atoms with Crippen LogP contribution in [-0.2, 0) is 10.0 Å². The smallest absolute Gasteiger partial charge is 0.317 e. The van der Waals surface area contributed by atoms with Crippen LogP contribution < -0.4 is 5.32 Å². The number of halogens is 1. The number of hydrogen-bond acceptors (Lipinski definition) is 3. The molecule has 1 aliphatic heterocycles. The van der Waals surface area contributed by atoms with E-state index in [9.17, 15) is 13.2 Å². The largest absolute Gasteiger partial charge is 0.337 e. The van der Waals surface area contributed by atoms with Crippen LogP contribution in [0.3, 0.4) is 0 Å². The van der Waals surface area contributed by atoms with E-state index >= 15 is 0 Å². The summed E-state index contributed by atoms with van der Waals surface area (Å²) >= 11 is 5.88. The minimum absolute atomic E-state index is 0.00734. The number of nitrogens with one attached hydrogen (secondary N) is 1. The first-order valence-corrected chi connectivity index (χ1v) is 9.70. The summed E-state index contributed by atoms with van der Waals surface area (Å²) in [6.07, 6.45) is 0. The van der Waals surface area contributed by atoms with Crippen molar-refractivity contribution in [1.29, 1.82) is 0 Å². The number of hydrogen-bond donors (Lipinski definition) is 1. The number of rotatable bonds is 3. The molecule has 2 rings (SSSR count). The summed E-state index contributed by atoms with van der Waals surface area (Å²) in [5.41, 5.74) is 0.00734. The van der Waals surface area contributed by atoms with E-state index in [1.54, 1.807) is 17.0 Å². The Labute approximate surface area is 148 Å². The molecule has 0 bridgehead atoms. The Hall–Kier alpha value is -1.31. The molecule has 0 atom stereocenters. The van der Waals surface area contributed by atoms with Crippen molar-refractivity contribution < 1.29 is 13.2 Å². The summed E-state index contributed by atoms with van der Waals surface area (Å²) in [6.45, 7) is 8.00. The Kier molecular flexibility index (Phi) is 5.78. The number of piperazine rings is 1. The highest BCUT2D eigenvalue weighted by molar-refractivity contribution is 7.89. The van der Waals surface area contributed by atoms with Gasteiger partial charge < -0.3 is 10.2 Å². The second-order valence-electron chi connectivity index (χ2n) is 7.07. The van der Waals surface area contributed by atoms with E-state index in [2.05, 4.69) is 5.32 Å². The Bertz CT molecular complexity index is 693. The first-order chi connectivity index (χ1) is 11.1. The summed E-state index contributed by atoms with van der Waals surface area (Å²) < 4.78 is 26.6. The topological polar surface area (TPSA) is 69.7 Å². The molecule has 2 amide bonds. The van der Waals surface area contributed by atoms with E-state index in [0.717, 1.165) is 0 Å². The third-order valence-corrected chi connectivity index (χ3v) is 5.86. The molecular formula is C16H24ClN3O3S. The fraction of sp³-hybridized carbons (Fsp3) is 0.562. The molecule has 0 aliphatic carbocycles. The van der Waals surface area contributed by atoms with E-state index in [1.807, 2.05) is 20.8 Å². The Balaban J connectivity index is 1.96. The highest BCUT2D eigenvalue weighted by Crippen LogP contribution is 2.21. The maximum atomic E-state index is 12.6. The lowest BCUT2D eigenvalue weighted by atomic mass is 9.97. The number of nitrogens with zero attached hydrogens (tertiary/aromatic N) is 2. The zero-order chi connectivity index (χ0) is 18.0. The molecule has 1 heterocycles. The molecule has 0 radical (unpaired) electrons. The lowest BCUT2D eigenvalue weighted by molar-refractivity contribution is 0.169. The van der Waals surface area contributed by atoms with Gasteiger partial charge in [0.1, 0.15) is 0 Å². The number of sulfonamides is 1. The van der Waals surface area contributed by atoms with Crippen molar-refractivity contribution >= 4 is 27.7 Å². The molecule has 0 unspecified atom stereocenters. The average Bonchev–Trinajstić information content (AvgIpc) is 2.52. The van der Waals surface area contributed by atoms with E-state index in [4.69, 9.17) is 11.6 Å². The van der Waals surface area contributed by atoms with Crippen molar-refractivity contribution in [3.8, 4) is 0 Å². The molecule has 0 saturated carbocycles. The van der Waals surface area contributed by atoms with Gasteiger partial charge in [0.15, 0.2) is 0 Å².